The van der Waals surface area contributed by atoms with E-state index in [4.69, 9.17) is 19.7 Å². The van der Waals surface area contributed by atoms with E-state index in [2.05, 4.69) is 14.9 Å². The lowest BCUT2D eigenvalue weighted by atomic mass is 9.86. The van der Waals surface area contributed by atoms with Crippen LogP contribution in [0.2, 0.25) is 6.82 Å². The van der Waals surface area contributed by atoms with Crippen molar-refractivity contribution in [2.45, 2.75) is 25.3 Å². The van der Waals surface area contributed by atoms with Crippen LogP contribution < -0.4 is 0 Å². The maximum absolute atomic E-state index is 12.6. The Morgan fingerprint density at radius 1 is 1.21 bits per heavy atom. The van der Waals surface area contributed by atoms with E-state index in [0.29, 0.717) is 72.2 Å². The average molecular weight is 412 g/mol. The van der Waals surface area contributed by atoms with E-state index in [0.717, 1.165) is 6.54 Å². The van der Waals surface area contributed by atoms with Gasteiger partial charge in [-0.1, -0.05) is 5.11 Å². The third-order valence-corrected chi connectivity index (χ3v) is 5.33. The highest BCUT2D eigenvalue weighted by molar-refractivity contribution is 6.45. The fourth-order valence-corrected chi connectivity index (χ4v) is 3.44. The Balaban J connectivity index is 1.45. The van der Waals surface area contributed by atoms with Crippen LogP contribution in [0.25, 0.3) is 10.4 Å². The van der Waals surface area contributed by atoms with Crippen molar-refractivity contribution < 1.29 is 24.0 Å². The molecule has 0 bridgehead atoms. The monoisotopic (exact) mass is 412 g/mol. The molecule has 0 aromatic carbocycles. The fourth-order valence-electron chi connectivity index (χ4n) is 3.44. The Morgan fingerprint density at radius 3 is 2.52 bits per heavy atom. The lowest BCUT2D eigenvalue weighted by molar-refractivity contribution is -0.141. The molecule has 2 saturated heterocycles. The first-order valence-corrected chi connectivity index (χ1v) is 10.2. The van der Waals surface area contributed by atoms with E-state index >= 15 is 0 Å². The molecule has 0 radical (unpaired) electrons. The van der Waals surface area contributed by atoms with Crippen LogP contribution in [0.15, 0.2) is 5.11 Å². The molecule has 0 spiro atoms. The number of carbonyl (C=O) groups excluding carboxylic acids is 1. The number of rotatable bonds is 14. The SMILES string of the molecule is CB(O)N(C)CCOCCOCCOCCN1CCN2C[C@@H](N=[N+]=[N-])C[C@H]2C1=O. The zero-order valence-corrected chi connectivity index (χ0v) is 17.5. The van der Waals surface area contributed by atoms with Gasteiger partial charge in [0.05, 0.1) is 51.7 Å². The summed E-state index contributed by atoms with van der Waals surface area (Å²) >= 11 is 0. The summed E-state index contributed by atoms with van der Waals surface area (Å²) in [4.78, 5) is 21.2. The van der Waals surface area contributed by atoms with Crippen LogP contribution >= 0.6 is 0 Å². The predicted octanol–water partition coefficient (Wildman–Crippen LogP) is -0.326. The molecule has 12 heteroatoms. The Labute approximate surface area is 172 Å². The minimum Gasteiger partial charge on any atom is -0.437 e. The number of amides is 1. The van der Waals surface area contributed by atoms with Crippen molar-refractivity contribution in [3.63, 3.8) is 0 Å². The van der Waals surface area contributed by atoms with Crippen LogP contribution in [0, 0.1) is 0 Å². The van der Waals surface area contributed by atoms with Crippen molar-refractivity contribution in [1.82, 2.24) is 14.6 Å². The van der Waals surface area contributed by atoms with Crippen LogP contribution in [0.1, 0.15) is 6.42 Å². The van der Waals surface area contributed by atoms with Gasteiger partial charge in [0.1, 0.15) is 0 Å². The summed E-state index contributed by atoms with van der Waals surface area (Å²) in [5.74, 6) is 0.102. The molecule has 0 aliphatic carbocycles. The third-order valence-electron chi connectivity index (χ3n) is 5.33. The van der Waals surface area contributed by atoms with Gasteiger partial charge in [-0.25, -0.2) is 0 Å². The second-order valence-corrected chi connectivity index (χ2v) is 7.38. The summed E-state index contributed by atoms with van der Waals surface area (Å²) in [6, 6.07) is -0.270. The van der Waals surface area contributed by atoms with Crippen LogP contribution in [0.4, 0.5) is 0 Å². The molecule has 0 aromatic heterocycles. The topological polar surface area (TPSA) is 123 Å². The number of likely N-dealkylation sites (N-methyl/N-ethyl adjacent to an activating group) is 1. The standard InChI is InChI=1S/C17H33BN6O5/c1-18(26)22(2)5-7-27-9-11-29-12-10-28-8-6-23-3-4-24-14-15(20-21-19)13-16(24)17(23)25/h15-16,26H,3-14H2,1-2H3/t15-,16-/m0/s1. The zero-order chi connectivity index (χ0) is 21.1. The molecule has 0 aromatic rings. The number of azide groups is 1. The minimum absolute atomic E-state index is 0.102. The van der Waals surface area contributed by atoms with E-state index in [1.807, 2.05) is 11.9 Å². The number of ether oxygens (including phenoxy) is 3. The summed E-state index contributed by atoms with van der Waals surface area (Å²) in [5.41, 5.74) is 8.58. The van der Waals surface area contributed by atoms with Gasteiger partial charge < -0.3 is 28.9 Å². The summed E-state index contributed by atoms with van der Waals surface area (Å²) in [7, 11) is 1.36. The second kappa shape index (κ2) is 13.0. The molecule has 2 aliphatic rings. The van der Waals surface area contributed by atoms with Crippen LogP contribution in [-0.4, -0.2) is 124 Å². The van der Waals surface area contributed by atoms with Gasteiger partial charge in [0.25, 0.3) is 0 Å². The highest BCUT2D eigenvalue weighted by Gasteiger charge is 2.41. The first-order valence-electron chi connectivity index (χ1n) is 10.2. The first-order chi connectivity index (χ1) is 14.0. The molecule has 1 amide bonds. The molecule has 2 atom stereocenters. The molecule has 11 nitrogen and oxygen atoms in total. The number of hydrogen-bond donors (Lipinski definition) is 1. The maximum atomic E-state index is 12.6. The van der Waals surface area contributed by atoms with Crippen LogP contribution in [-0.2, 0) is 19.0 Å². The molecule has 2 aliphatic heterocycles. The molecule has 164 valence electrons. The lowest BCUT2D eigenvalue weighted by Crippen LogP contribution is -2.54. The zero-order valence-electron chi connectivity index (χ0n) is 17.5. The quantitative estimate of drug-likeness (QED) is 0.136. The molecule has 2 rings (SSSR count). The Kier molecular flexibility index (Phi) is 10.7. The van der Waals surface area contributed by atoms with Crippen LogP contribution in [0.5, 0.6) is 0 Å². The summed E-state index contributed by atoms with van der Waals surface area (Å²) < 4.78 is 16.5. The molecule has 0 saturated carbocycles. The van der Waals surface area contributed by atoms with E-state index in [9.17, 15) is 9.82 Å². The number of hydrogen-bond acceptors (Lipinski definition) is 8. The first kappa shape index (κ1) is 23.9. The predicted molar refractivity (Wildman–Crippen MR) is 108 cm³/mol. The van der Waals surface area contributed by atoms with Gasteiger partial charge in [0.2, 0.25) is 5.91 Å². The molecule has 2 fully saturated rings. The minimum atomic E-state index is -0.473. The highest BCUT2D eigenvalue weighted by atomic mass is 16.5. The maximum Gasteiger partial charge on any atom is 0.376 e. The largest absolute Gasteiger partial charge is 0.437 e. The van der Waals surface area contributed by atoms with Crippen molar-refractivity contribution >= 4 is 13.0 Å². The molecule has 1 N–H and O–H groups in total. The van der Waals surface area contributed by atoms with Gasteiger partial charge in [-0.15, -0.1) is 0 Å². The molecule has 2 heterocycles. The van der Waals surface area contributed by atoms with Crippen molar-refractivity contribution in [3.8, 4) is 0 Å². The van der Waals surface area contributed by atoms with Gasteiger partial charge >= 0.3 is 7.05 Å². The smallest absolute Gasteiger partial charge is 0.376 e. The Morgan fingerprint density at radius 2 is 1.86 bits per heavy atom. The molecule has 29 heavy (non-hydrogen) atoms. The van der Waals surface area contributed by atoms with Gasteiger partial charge in [0.15, 0.2) is 0 Å². The van der Waals surface area contributed by atoms with Gasteiger partial charge in [0, 0.05) is 37.6 Å². The molecular formula is C17H33BN6O5. The van der Waals surface area contributed by atoms with Gasteiger partial charge in [-0.2, -0.15) is 0 Å². The van der Waals surface area contributed by atoms with E-state index < -0.39 is 7.05 Å². The van der Waals surface area contributed by atoms with E-state index in [1.54, 1.807) is 11.6 Å². The number of carbonyl (C=O) groups is 1. The normalized spacial score (nSPS) is 22.1. The van der Waals surface area contributed by atoms with E-state index in [1.165, 1.54) is 0 Å². The van der Waals surface area contributed by atoms with Crippen molar-refractivity contribution in [2.75, 3.05) is 79.4 Å². The Bertz CT molecular complexity index is 550. The summed E-state index contributed by atoms with van der Waals surface area (Å²) in [6.45, 7) is 8.09. The highest BCUT2D eigenvalue weighted by Crippen LogP contribution is 2.25. The van der Waals surface area contributed by atoms with Crippen molar-refractivity contribution in [2.24, 2.45) is 5.11 Å². The number of piperazine rings is 1. The van der Waals surface area contributed by atoms with E-state index in [-0.39, 0.29) is 18.0 Å². The molecular weight excluding hydrogens is 379 g/mol. The average Bonchev–Trinajstić information content (AvgIpc) is 3.11. The van der Waals surface area contributed by atoms with Crippen LogP contribution in [0.3, 0.4) is 0 Å². The third kappa shape index (κ3) is 8.10. The van der Waals surface area contributed by atoms with Crippen molar-refractivity contribution in [3.05, 3.63) is 10.4 Å². The summed E-state index contributed by atoms with van der Waals surface area (Å²) in [6.07, 6.45) is 0.603. The number of nitrogens with zero attached hydrogens (tertiary/aromatic N) is 6. The lowest BCUT2D eigenvalue weighted by Gasteiger charge is -2.36. The summed E-state index contributed by atoms with van der Waals surface area (Å²) in [5, 5.41) is 13.1. The second-order valence-electron chi connectivity index (χ2n) is 7.38. The molecule has 0 unspecified atom stereocenters. The number of fused-ring (bicyclic) bond motifs is 1. The van der Waals surface area contributed by atoms with Gasteiger partial charge in [-0.05, 0) is 25.8 Å². The van der Waals surface area contributed by atoms with Crippen molar-refractivity contribution in [1.29, 1.82) is 0 Å². The Hall–Kier alpha value is -1.40. The fraction of sp³-hybridized carbons (Fsp3) is 0.941. The van der Waals surface area contributed by atoms with Gasteiger partial charge in [-0.3, -0.25) is 9.69 Å².